The van der Waals surface area contributed by atoms with Gasteiger partial charge in [-0.2, -0.15) is 0 Å². The first-order chi connectivity index (χ1) is 8.78. The third-order valence-corrected chi connectivity index (χ3v) is 4.93. The van der Waals surface area contributed by atoms with E-state index in [0.29, 0.717) is 45.5 Å². The molecule has 0 aromatic heterocycles. The number of hydrogen-bond donors (Lipinski definition) is 0. The van der Waals surface area contributed by atoms with Crippen molar-refractivity contribution >= 4 is 19.0 Å². The van der Waals surface area contributed by atoms with Crippen molar-refractivity contribution in [3.63, 3.8) is 0 Å². The van der Waals surface area contributed by atoms with E-state index in [1.165, 1.54) is 0 Å². The average Bonchev–Trinajstić information content (AvgIpc) is 2.35. The van der Waals surface area contributed by atoms with E-state index >= 15 is 0 Å². The molecule has 0 amide bonds. The van der Waals surface area contributed by atoms with Crippen molar-refractivity contribution in [2.45, 2.75) is 51.6 Å². The lowest BCUT2D eigenvalue weighted by atomic mass is 10.8. The molecule has 106 valence electrons. The van der Waals surface area contributed by atoms with E-state index in [-0.39, 0.29) is 11.8 Å². The van der Waals surface area contributed by atoms with Crippen LogP contribution in [0.15, 0.2) is 0 Å². The molecule has 4 nitrogen and oxygen atoms in total. The minimum Gasteiger partial charge on any atom is -0.357 e. The molecular formula is C12H26O4Si2. The third-order valence-electron chi connectivity index (χ3n) is 2.02. The quantitative estimate of drug-likeness (QED) is 0.295. The molecule has 0 atom stereocenters. The maximum atomic E-state index is 5.52. The maximum Gasteiger partial charge on any atom is 0.137 e. The standard InChI is InChI=1S/C12H26O4Si2/c1-5-13-11(14-6-2)17-9-10-18-12(15-7-3)16-8-4/h11-12H,5-10H2,1-4H3. The van der Waals surface area contributed by atoms with Gasteiger partial charge in [-0.05, 0) is 27.7 Å². The predicted molar refractivity (Wildman–Crippen MR) is 75.2 cm³/mol. The molecule has 0 bridgehead atoms. The van der Waals surface area contributed by atoms with Crippen LogP contribution in [0, 0.1) is 0 Å². The van der Waals surface area contributed by atoms with Crippen LogP contribution in [0.25, 0.3) is 0 Å². The van der Waals surface area contributed by atoms with Gasteiger partial charge in [-0.15, -0.1) is 0 Å². The zero-order valence-electron chi connectivity index (χ0n) is 12.0. The first-order valence-electron chi connectivity index (χ1n) is 6.71. The molecule has 0 unspecified atom stereocenters. The highest BCUT2D eigenvalue weighted by Crippen LogP contribution is 2.03. The molecule has 0 fully saturated rings. The van der Waals surface area contributed by atoms with Crippen molar-refractivity contribution in [2.75, 3.05) is 26.4 Å². The zero-order chi connectivity index (χ0) is 13.6. The fraction of sp³-hybridized carbons (Fsp3) is 1.00. The normalized spacial score (nSPS) is 11.7. The number of ether oxygens (including phenoxy) is 4. The summed E-state index contributed by atoms with van der Waals surface area (Å²) in [5.74, 6) is -0.0510. The monoisotopic (exact) mass is 290 g/mol. The molecule has 0 spiro atoms. The maximum absolute atomic E-state index is 5.52. The molecule has 0 saturated heterocycles. The van der Waals surface area contributed by atoms with E-state index in [9.17, 15) is 0 Å². The minimum absolute atomic E-state index is 0.0255. The van der Waals surface area contributed by atoms with Gasteiger partial charge in [-0.3, -0.25) is 0 Å². The predicted octanol–water partition coefficient (Wildman–Crippen LogP) is 1.94. The fourth-order valence-corrected chi connectivity index (χ4v) is 4.08. The number of hydrogen-bond acceptors (Lipinski definition) is 4. The minimum atomic E-state index is -0.0255. The highest BCUT2D eigenvalue weighted by Gasteiger charge is 2.12. The Morgan fingerprint density at radius 1 is 0.611 bits per heavy atom. The van der Waals surface area contributed by atoms with Gasteiger partial charge in [0, 0.05) is 26.4 Å². The van der Waals surface area contributed by atoms with Crippen LogP contribution in [0.3, 0.4) is 0 Å². The molecule has 18 heavy (non-hydrogen) atoms. The topological polar surface area (TPSA) is 36.9 Å². The van der Waals surface area contributed by atoms with Gasteiger partial charge in [-0.25, -0.2) is 0 Å². The van der Waals surface area contributed by atoms with E-state index in [2.05, 4.69) is 0 Å². The van der Waals surface area contributed by atoms with Gasteiger partial charge < -0.3 is 18.9 Å². The fourth-order valence-electron chi connectivity index (χ4n) is 1.32. The summed E-state index contributed by atoms with van der Waals surface area (Å²) >= 11 is 0. The van der Waals surface area contributed by atoms with E-state index in [1.807, 2.05) is 27.7 Å². The molecule has 0 aliphatic carbocycles. The van der Waals surface area contributed by atoms with Crippen LogP contribution in [-0.4, -0.2) is 57.3 Å². The number of rotatable bonds is 13. The van der Waals surface area contributed by atoms with Crippen LogP contribution in [0.5, 0.6) is 0 Å². The molecule has 0 aliphatic rings. The van der Waals surface area contributed by atoms with Crippen molar-refractivity contribution in [2.24, 2.45) is 0 Å². The SMILES string of the molecule is CCOC(OCC)[Si]CC[Si]C(OCC)OCC. The summed E-state index contributed by atoms with van der Waals surface area (Å²) in [6, 6.07) is 2.22. The van der Waals surface area contributed by atoms with Crippen LogP contribution < -0.4 is 0 Å². The van der Waals surface area contributed by atoms with Gasteiger partial charge in [0.1, 0.15) is 30.9 Å². The summed E-state index contributed by atoms with van der Waals surface area (Å²) < 4.78 is 22.1. The Hall–Kier alpha value is 0.274. The Labute approximate surface area is 116 Å². The molecule has 6 heteroatoms. The van der Waals surface area contributed by atoms with Crippen molar-refractivity contribution in [1.82, 2.24) is 0 Å². The molecule has 0 rings (SSSR count). The van der Waals surface area contributed by atoms with Gasteiger partial charge in [0.2, 0.25) is 0 Å². The zero-order valence-corrected chi connectivity index (χ0v) is 14.0. The molecule has 0 N–H and O–H groups in total. The summed E-state index contributed by atoms with van der Waals surface area (Å²) in [6.07, 6.45) is 0. The van der Waals surface area contributed by atoms with E-state index in [1.54, 1.807) is 0 Å². The van der Waals surface area contributed by atoms with E-state index in [0.717, 1.165) is 12.1 Å². The Morgan fingerprint density at radius 3 is 1.11 bits per heavy atom. The van der Waals surface area contributed by atoms with Crippen molar-refractivity contribution in [1.29, 1.82) is 0 Å². The summed E-state index contributed by atoms with van der Waals surface area (Å²) in [5.41, 5.74) is 0. The molecule has 0 aliphatic heterocycles. The lowest BCUT2D eigenvalue weighted by Gasteiger charge is -2.18. The lowest BCUT2D eigenvalue weighted by Crippen LogP contribution is -2.27. The second-order valence-corrected chi connectivity index (χ2v) is 6.15. The van der Waals surface area contributed by atoms with Crippen molar-refractivity contribution in [3.8, 4) is 0 Å². The summed E-state index contributed by atoms with van der Waals surface area (Å²) in [6.45, 7) is 10.8. The second-order valence-electron chi connectivity index (χ2n) is 3.39. The van der Waals surface area contributed by atoms with Crippen LogP contribution in [0.4, 0.5) is 0 Å². The Balaban J connectivity index is 3.66. The Bertz CT molecular complexity index is 142. The first kappa shape index (κ1) is 18.3. The van der Waals surface area contributed by atoms with Crippen LogP contribution >= 0.6 is 0 Å². The van der Waals surface area contributed by atoms with Crippen LogP contribution in [-0.2, 0) is 18.9 Å². The van der Waals surface area contributed by atoms with E-state index < -0.39 is 0 Å². The summed E-state index contributed by atoms with van der Waals surface area (Å²) in [5, 5.41) is 0. The second kappa shape index (κ2) is 13.7. The van der Waals surface area contributed by atoms with E-state index in [4.69, 9.17) is 18.9 Å². The Kier molecular flexibility index (Phi) is 13.9. The molecular weight excluding hydrogens is 264 g/mol. The molecule has 0 heterocycles. The average molecular weight is 291 g/mol. The Morgan fingerprint density at radius 2 is 0.889 bits per heavy atom. The molecule has 0 aromatic carbocycles. The van der Waals surface area contributed by atoms with Crippen LogP contribution in [0.1, 0.15) is 27.7 Å². The molecule has 4 radical (unpaired) electrons. The smallest absolute Gasteiger partial charge is 0.137 e. The lowest BCUT2D eigenvalue weighted by molar-refractivity contribution is -0.0838. The van der Waals surface area contributed by atoms with Crippen molar-refractivity contribution < 1.29 is 18.9 Å². The third kappa shape index (κ3) is 10.2. The molecule has 0 saturated carbocycles. The molecule has 0 aromatic rings. The van der Waals surface area contributed by atoms with Gasteiger partial charge in [-0.1, -0.05) is 12.1 Å². The largest absolute Gasteiger partial charge is 0.357 e. The van der Waals surface area contributed by atoms with Crippen LogP contribution in [0.2, 0.25) is 12.1 Å². The van der Waals surface area contributed by atoms with Gasteiger partial charge in [0.25, 0.3) is 0 Å². The summed E-state index contributed by atoms with van der Waals surface area (Å²) in [4.78, 5) is 0. The highest BCUT2D eigenvalue weighted by molar-refractivity contribution is 6.43. The highest BCUT2D eigenvalue weighted by atomic mass is 28.2. The van der Waals surface area contributed by atoms with Gasteiger partial charge in [0.15, 0.2) is 0 Å². The van der Waals surface area contributed by atoms with Gasteiger partial charge in [0.05, 0.1) is 0 Å². The van der Waals surface area contributed by atoms with Gasteiger partial charge >= 0.3 is 0 Å². The van der Waals surface area contributed by atoms with Crippen molar-refractivity contribution in [3.05, 3.63) is 0 Å². The first-order valence-corrected chi connectivity index (χ1v) is 9.28. The summed E-state index contributed by atoms with van der Waals surface area (Å²) in [7, 11) is 1.38.